The van der Waals surface area contributed by atoms with Crippen LogP contribution in [0.1, 0.15) is 32.6 Å². The molecule has 134 valence electrons. The Labute approximate surface area is 156 Å². The molecule has 0 spiro atoms. The molecule has 0 saturated heterocycles. The van der Waals surface area contributed by atoms with E-state index in [0.29, 0.717) is 25.8 Å². The Morgan fingerprint density at radius 2 is 2.09 bits per heavy atom. The largest absolute Gasteiger partial charge is 0.380 e. The van der Waals surface area contributed by atoms with Gasteiger partial charge < -0.3 is 20.3 Å². The number of likely N-dealkylation sites (N-methyl/N-ethyl adjacent to an activating group) is 1. The van der Waals surface area contributed by atoms with Gasteiger partial charge in [-0.2, -0.15) is 0 Å². The van der Waals surface area contributed by atoms with Gasteiger partial charge in [0.1, 0.15) is 6.54 Å². The maximum atomic E-state index is 11.7. The molecule has 2 aliphatic carbocycles. The molecule has 2 fully saturated rings. The number of carbonyl (C=O) groups excluding carboxylic acids is 1. The lowest BCUT2D eigenvalue weighted by atomic mass is 9.95. The maximum absolute atomic E-state index is 11.7. The quantitative estimate of drug-likeness (QED) is 0.274. The van der Waals surface area contributed by atoms with Crippen LogP contribution in [0.5, 0.6) is 0 Å². The average molecular weight is 438 g/mol. The summed E-state index contributed by atoms with van der Waals surface area (Å²) < 4.78 is 5.35. The van der Waals surface area contributed by atoms with E-state index in [0.717, 1.165) is 17.8 Å². The number of rotatable bonds is 7. The number of ether oxygens (including phenoxy) is 1. The van der Waals surface area contributed by atoms with Crippen molar-refractivity contribution in [1.29, 1.82) is 0 Å². The fourth-order valence-electron chi connectivity index (χ4n) is 3.42. The van der Waals surface area contributed by atoms with Gasteiger partial charge in [0.15, 0.2) is 5.96 Å². The Morgan fingerprint density at radius 1 is 1.30 bits per heavy atom. The number of guanidine groups is 1. The zero-order valence-electron chi connectivity index (χ0n) is 14.5. The van der Waals surface area contributed by atoms with E-state index in [1.54, 1.807) is 19.0 Å². The molecular weight excluding hydrogens is 407 g/mol. The van der Waals surface area contributed by atoms with Crippen LogP contribution in [0.2, 0.25) is 0 Å². The summed E-state index contributed by atoms with van der Waals surface area (Å²) in [6, 6.07) is 0.506. The van der Waals surface area contributed by atoms with Crippen molar-refractivity contribution in [1.82, 2.24) is 15.5 Å². The monoisotopic (exact) mass is 438 g/mol. The molecule has 3 atom stereocenters. The normalized spacial score (nSPS) is 25.9. The van der Waals surface area contributed by atoms with Gasteiger partial charge in [-0.15, -0.1) is 24.0 Å². The fraction of sp³-hybridized carbons (Fsp3) is 0.875. The van der Waals surface area contributed by atoms with Crippen LogP contribution < -0.4 is 10.6 Å². The van der Waals surface area contributed by atoms with Crippen molar-refractivity contribution in [2.45, 2.75) is 38.6 Å². The van der Waals surface area contributed by atoms with Gasteiger partial charge >= 0.3 is 0 Å². The van der Waals surface area contributed by atoms with Gasteiger partial charge in [-0.25, -0.2) is 4.99 Å². The molecule has 0 aromatic rings. The molecular formula is C16H31IN4O2. The summed E-state index contributed by atoms with van der Waals surface area (Å²) in [5.74, 6) is 2.41. The first kappa shape index (κ1) is 20.5. The van der Waals surface area contributed by atoms with E-state index >= 15 is 0 Å². The number of hydrogen-bond acceptors (Lipinski definition) is 3. The van der Waals surface area contributed by atoms with E-state index in [1.165, 1.54) is 25.7 Å². The van der Waals surface area contributed by atoms with Crippen LogP contribution in [0.25, 0.3) is 0 Å². The predicted octanol–water partition coefficient (Wildman–Crippen LogP) is 1.45. The molecule has 0 heterocycles. The zero-order chi connectivity index (χ0) is 15.9. The van der Waals surface area contributed by atoms with E-state index in [-0.39, 0.29) is 36.4 Å². The van der Waals surface area contributed by atoms with Crippen LogP contribution in [0.3, 0.4) is 0 Å². The standard InChI is InChI=1S/C16H30N4O2.HI/c1-4-22-8-7-17-16(18-11-15(21)20(2)3)19-14-10-12-5-6-13(14)9-12;/h12-14H,4-11H2,1-3H3,(H2,17,18,19);1H. The Hall–Kier alpha value is -0.570. The maximum Gasteiger partial charge on any atom is 0.243 e. The van der Waals surface area contributed by atoms with Crippen molar-refractivity contribution in [2.75, 3.05) is 40.4 Å². The molecule has 0 radical (unpaired) electrons. The number of nitrogens with one attached hydrogen (secondary N) is 2. The first-order valence-electron chi connectivity index (χ1n) is 8.43. The lowest BCUT2D eigenvalue weighted by molar-refractivity contribution is -0.127. The molecule has 7 heteroatoms. The van der Waals surface area contributed by atoms with Crippen molar-refractivity contribution in [3.8, 4) is 0 Å². The fourth-order valence-corrected chi connectivity index (χ4v) is 3.42. The molecule has 3 unspecified atom stereocenters. The molecule has 2 aliphatic rings. The van der Waals surface area contributed by atoms with Crippen molar-refractivity contribution in [2.24, 2.45) is 16.8 Å². The molecule has 0 aromatic carbocycles. The van der Waals surface area contributed by atoms with Crippen molar-refractivity contribution in [3.63, 3.8) is 0 Å². The molecule has 2 bridgehead atoms. The number of aliphatic imine (C=N–C) groups is 1. The van der Waals surface area contributed by atoms with Crippen LogP contribution >= 0.6 is 24.0 Å². The van der Waals surface area contributed by atoms with E-state index in [9.17, 15) is 4.79 Å². The highest BCUT2D eigenvalue weighted by Crippen LogP contribution is 2.44. The Bertz CT molecular complexity index is 404. The smallest absolute Gasteiger partial charge is 0.243 e. The summed E-state index contributed by atoms with van der Waals surface area (Å²) >= 11 is 0. The summed E-state index contributed by atoms with van der Waals surface area (Å²) in [6.45, 7) is 4.23. The van der Waals surface area contributed by atoms with E-state index in [1.807, 2.05) is 6.92 Å². The summed E-state index contributed by atoms with van der Waals surface area (Å²) in [5.41, 5.74) is 0. The van der Waals surface area contributed by atoms with Crippen LogP contribution in [0, 0.1) is 11.8 Å². The number of fused-ring (bicyclic) bond motifs is 2. The van der Waals surface area contributed by atoms with Crippen LogP contribution in [-0.4, -0.2) is 63.2 Å². The van der Waals surface area contributed by atoms with Crippen LogP contribution in [0.15, 0.2) is 4.99 Å². The van der Waals surface area contributed by atoms with E-state index < -0.39 is 0 Å². The third kappa shape index (κ3) is 6.45. The summed E-state index contributed by atoms with van der Waals surface area (Å²) in [4.78, 5) is 17.7. The van der Waals surface area contributed by atoms with Gasteiger partial charge in [0.05, 0.1) is 6.61 Å². The van der Waals surface area contributed by atoms with E-state index in [2.05, 4.69) is 15.6 Å². The third-order valence-corrected chi connectivity index (χ3v) is 4.67. The highest BCUT2D eigenvalue weighted by atomic mass is 127. The average Bonchev–Trinajstić information content (AvgIpc) is 3.10. The van der Waals surface area contributed by atoms with Gasteiger partial charge in [-0.05, 0) is 38.0 Å². The van der Waals surface area contributed by atoms with Gasteiger partial charge in [0, 0.05) is 33.3 Å². The predicted molar refractivity (Wildman–Crippen MR) is 103 cm³/mol. The van der Waals surface area contributed by atoms with Crippen molar-refractivity contribution < 1.29 is 9.53 Å². The van der Waals surface area contributed by atoms with Gasteiger partial charge in [0.2, 0.25) is 5.91 Å². The molecule has 1 amide bonds. The Kier molecular flexibility index (Phi) is 9.19. The van der Waals surface area contributed by atoms with Gasteiger partial charge in [-0.3, -0.25) is 4.79 Å². The van der Waals surface area contributed by atoms with E-state index in [4.69, 9.17) is 4.74 Å². The highest BCUT2D eigenvalue weighted by Gasteiger charge is 2.39. The summed E-state index contributed by atoms with van der Waals surface area (Å²) in [6.07, 6.45) is 5.29. The number of amides is 1. The number of nitrogens with zero attached hydrogens (tertiary/aromatic N) is 2. The third-order valence-electron chi connectivity index (χ3n) is 4.67. The number of carbonyl (C=O) groups is 1. The second kappa shape index (κ2) is 10.3. The molecule has 2 N–H and O–H groups in total. The molecule has 6 nitrogen and oxygen atoms in total. The molecule has 2 rings (SSSR count). The minimum atomic E-state index is 0. The van der Waals surface area contributed by atoms with Gasteiger partial charge in [-0.1, -0.05) is 6.42 Å². The topological polar surface area (TPSA) is 66.0 Å². The minimum Gasteiger partial charge on any atom is -0.380 e. The van der Waals surface area contributed by atoms with Gasteiger partial charge in [0.25, 0.3) is 0 Å². The minimum absolute atomic E-state index is 0. The molecule has 23 heavy (non-hydrogen) atoms. The zero-order valence-corrected chi connectivity index (χ0v) is 16.8. The second-order valence-corrected chi connectivity index (χ2v) is 6.50. The first-order valence-corrected chi connectivity index (χ1v) is 8.43. The van der Waals surface area contributed by atoms with Crippen LogP contribution in [-0.2, 0) is 9.53 Å². The lowest BCUT2D eigenvalue weighted by Crippen LogP contribution is -2.47. The first-order chi connectivity index (χ1) is 10.6. The second-order valence-electron chi connectivity index (χ2n) is 6.50. The van der Waals surface area contributed by atoms with Crippen LogP contribution in [0.4, 0.5) is 0 Å². The van der Waals surface area contributed by atoms with Crippen molar-refractivity contribution in [3.05, 3.63) is 0 Å². The Balaban J connectivity index is 0.00000264. The number of halogens is 1. The molecule has 0 aromatic heterocycles. The number of hydrogen-bond donors (Lipinski definition) is 2. The van der Waals surface area contributed by atoms with Crippen molar-refractivity contribution >= 4 is 35.8 Å². The molecule has 2 saturated carbocycles. The Morgan fingerprint density at radius 3 is 2.65 bits per heavy atom. The lowest BCUT2D eigenvalue weighted by Gasteiger charge is -2.25. The summed E-state index contributed by atoms with van der Waals surface area (Å²) in [5, 5.41) is 6.81. The highest BCUT2D eigenvalue weighted by molar-refractivity contribution is 14.0. The SMILES string of the molecule is CCOCCNC(=NCC(=O)N(C)C)NC1CC2CCC1C2.I. The summed E-state index contributed by atoms with van der Waals surface area (Å²) in [7, 11) is 3.51. The molecule has 0 aliphatic heterocycles.